The van der Waals surface area contributed by atoms with Gasteiger partial charge in [0.15, 0.2) is 0 Å². The van der Waals surface area contributed by atoms with Gasteiger partial charge in [-0.05, 0) is 50.4 Å². The highest BCUT2D eigenvalue weighted by Gasteiger charge is 2.47. The maximum atomic E-state index is 5.84. The lowest BCUT2D eigenvalue weighted by molar-refractivity contribution is -0.0799. The standard InChI is InChI=1S/C12H24N2O/c1-9-5-7-12(15-2,8-6-9)11(14-13)10-3-4-10/h9-11,14H,3-8,13H2,1-2H3. The van der Waals surface area contributed by atoms with Gasteiger partial charge in [-0.25, -0.2) is 0 Å². The molecule has 0 radical (unpaired) electrons. The summed E-state index contributed by atoms with van der Waals surface area (Å²) in [4.78, 5) is 0. The molecule has 2 aliphatic carbocycles. The summed E-state index contributed by atoms with van der Waals surface area (Å²) in [6.45, 7) is 2.33. The van der Waals surface area contributed by atoms with Gasteiger partial charge < -0.3 is 4.74 Å². The molecule has 0 aromatic rings. The van der Waals surface area contributed by atoms with Crippen molar-refractivity contribution in [2.45, 2.75) is 57.1 Å². The molecule has 3 heteroatoms. The number of hydrogen-bond acceptors (Lipinski definition) is 3. The van der Waals surface area contributed by atoms with E-state index in [0.717, 1.165) is 24.7 Å². The maximum absolute atomic E-state index is 5.84. The monoisotopic (exact) mass is 212 g/mol. The average molecular weight is 212 g/mol. The molecule has 2 rings (SSSR count). The summed E-state index contributed by atoms with van der Waals surface area (Å²) in [7, 11) is 1.85. The van der Waals surface area contributed by atoms with Crippen LogP contribution in [0.3, 0.4) is 0 Å². The summed E-state index contributed by atoms with van der Waals surface area (Å²) < 4.78 is 5.84. The first-order chi connectivity index (χ1) is 7.22. The molecule has 3 N–H and O–H groups in total. The van der Waals surface area contributed by atoms with Gasteiger partial charge in [-0.1, -0.05) is 6.92 Å². The van der Waals surface area contributed by atoms with E-state index < -0.39 is 0 Å². The Kier molecular flexibility index (Phi) is 3.33. The zero-order chi connectivity index (χ0) is 10.9. The van der Waals surface area contributed by atoms with E-state index in [2.05, 4.69) is 12.3 Å². The molecule has 0 aromatic carbocycles. The van der Waals surface area contributed by atoms with Crippen LogP contribution in [0.5, 0.6) is 0 Å². The van der Waals surface area contributed by atoms with Gasteiger partial charge in [-0.2, -0.15) is 0 Å². The van der Waals surface area contributed by atoms with Gasteiger partial charge in [0.25, 0.3) is 0 Å². The summed E-state index contributed by atoms with van der Waals surface area (Å²) >= 11 is 0. The van der Waals surface area contributed by atoms with E-state index in [1.807, 2.05) is 7.11 Å². The molecule has 88 valence electrons. The molecule has 2 fully saturated rings. The Bertz CT molecular complexity index is 208. The highest BCUT2D eigenvalue weighted by molar-refractivity contribution is 5.02. The Labute approximate surface area is 92.7 Å². The topological polar surface area (TPSA) is 47.3 Å². The fourth-order valence-corrected chi connectivity index (χ4v) is 3.04. The molecule has 0 saturated heterocycles. The lowest BCUT2D eigenvalue weighted by atomic mass is 9.74. The van der Waals surface area contributed by atoms with Crippen molar-refractivity contribution in [3.8, 4) is 0 Å². The Morgan fingerprint density at radius 3 is 2.27 bits per heavy atom. The second-order valence-corrected chi connectivity index (χ2v) is 5.43. The van der Waals surface area contributed by atoms with Gasteiger partial charge in [0.2, 0.25) is 0 Å². The molecule has 1 unspecified atom stereocenters. The van der Waals surface area contributed by atoms with E-state index in [9.17, 15) is 0 Å². The van der Waals surface area contributed by atoms with Gasteiger partial charge in [0.05, 0.1) is 11.6 Å². The third-order valence-electron chi connectivity index (χ3n) is 4.37. The number of ether oxygens (including phenoxy) is 1. The number of methoxy groups -OCH3 is 1. The number of hydrazine groups is 1. The zero-order valence-corrected chi connectivity index (χ0v) is 9.96. The average Bonchev–Trinajstić information content (AvgIpc) is 3.07. The molecule has 3 nitrogen and oxygen atoms in total. The van der Waals surface area contributed by atoms with Crippen molar-refractivity contribution in [3.63, 3.8) is 0 Å². The molecule has 0 amide bonds. The third kappa shape index (κ3) is 2.19. The van der Waals surface area contributed by atoms with E-state index in [4.69, 9.17) is 10.6 Å². The minimum atomic E-state index is 0.0163. The van der Waals surface area contributed by atoms with E-state index in [-0.39, 0.29) is 5.60 Å². The number of nitrogens with one attached hydrogen (secondary N) is 1. The molecular weight excluding hydrogens is 188 g/mol. The lowest BCUT2D eigenvalue weighted by Crippen LogP contribution is -2.57. The van der Waals surface area contributed by atoms with Crippen LogP contribution < -0.4 is 11.3 Å². The zero-order valence-electron chi connectivity index (χ0n) is 9.96. The summed E-state index contributed by atoms with van der Waals surface area (Å²) in [5.74, 6) is 7.32. The van der Waals surface area contributed by atoms with E-state index in [1.54, 1.807) is 0 Å². The second-order valence-electron chi connectivity index (χ2n) is 5.43. The molecule has 0 aliphatic heterocycles. The van der Waals surface area contributed by atoms with Crippen LogP contribution in [0.4, 0.5) is 0 Å². The summed E-state index contributed by atoms with van der Waals surface area (Å²) in [5.41, 5.74) is 3.03. The molecule has 0 heterocycles. The van der Waals surface area contributed by atoms with Crippen LogP contribution in [-0.2, 0) is 4.74 Å². The number of nitrogens with two attached hydrogens (primary N) is 1. The Hall–Kier alpha value is -0.120. The van der Waals surface area contributed by atoms with Crippen LogP contribution in [0.15, 0.2) is 0 Å². The van der Waals surface area contributed by atoms with E-state index in [0.29, 0.717) is 6.04 Å². The SMILES string of the molecule is COC1(C(NN)C2CC2)CCC(C)CC1. The van der Waals surface area contributed by atoms with Crippen LogP contribution in [0.25, 0.3) is 0 Å². The van der Waals surface area contributed by atoms with Crippen LogP contribution in [0.2, 0.25) is 0 Å². The lowest BCUT2D eigenvalue weighted by Gasteiger charge is -2.44. The van der Waals surface area contributed by atoms with E-state index >= 15 is 0 Å². The van der Waals surface area contributed by atoms with Crippen molar-refractivity contribution in [3.05, 3.63) is 0 Å². The summed E-state index contributed by atoms with van der Waals surface area (Å²) in [6.07, 6.45) is 7.51. The van der Waals surface area contributed by atoms with Crippen molar-refractivity contribution in [2.75, 3.05) is 7.11 Å². The normalized spacial score (nSPS) is 39.0. The van der Waals surface area contributed by atoms with E-state index in [1.165, 1.54) is 25.7 Å². The molecular formula is C12H24N2O. The van der Waals surface area contributed by atoms with Gasteiger partial charge in [0.1, 0.15) is 0 Å². The van der Waals surface area contributed by atoms with Crippen molar-refractivity contribution < 1.29 is 4.74 Å². The minimum absolute atomic E-state index is 0.0163. The third-order valence-corrected chi connectivity index (χ3v) is 4.37. The first-order valence-electron chi connectivity index (χ1n) is 6.23. The summed E-state index contributed by atoms with van der Waals surface area (Å²) in [5, 5.41) is 0. The predicted molar refractivity (Wildman–Crippen MR) is 61.2 cm³/mol. The van der Waals surface area contributed by atoms with Gasteiger partial charge in [-0.15, -0.1) is 0 Å². The van der Waals surface area contributed by atoms with Gasteiger partial charge >= 0.3 is 0 Å². The Balaban J connectivity index is 2.05. The fourth-order valence-electron chi connectivity index (χ4n) is 3.04. The first-order valence-corrected chi connectivity index (χ1v) is 6.23. The van der Waals surface area contributed by atoms with Gasteiger partial charge in [0, 0.05) is 7.11 Å². The molecule has 0 spiro atoms. The fraction of sp³-hybridized carbons (Fsp3) is 1.00. The highest BCUT2D eigenvalue weighted by Crippen LogP contribution is 2.45. The molecule has 0 bridgehead atoms. The Morgan fingerprint density at radius 1 is 1.27 bits per heavy atom. The smallest absolute Gasteiger partial charge is 0.0847 e. The predicted octanol–water partition coefficient (Wildman–Crippen LogP) is 1.82. The second kappa shape index (κ2) is 4.40. The molecule has 2 saturated carbocycles. The van der Waals surface area contributed by atoms with Crippen molar-refractivity contribution in [2.24, 2.45) is 17.7 Å². The van der Waals surface area contributed by atoms with Crippen LogP contribution in [0.1, 0.15) is 45.4 Å². The Morgan fingerprint density at radius 2 is 1.87 bits per heavy atom. The molecule has 1 atom stereocenters. The van der Waals surface area contributed by atoms with Crippen molar-refractivity contribution >= 4 is 0 Å². The van der Waals surface area contributed by atoms with Crippen molar-refractivity contribution in [1.29, 1.82) is 0 Å². The maximum Gasteiger partial charge on any atom is 0.0847 e. The quantitative estimate of drug-likeness (QED) is 0.552. The summed E-state index contributed by atoms with van der Waals surface area (Å²) in [6, 6.07) is 0.370. The molecule has 0 aromatic heterocycles. The molecule has 15 heavy (non-hydrogen) atoms. The van der Waals surface area contributed by atoms with Crippen LogP contribution in [-0.4, -0.2) is 18.8 Å². The molecule has 2 aliphatic rings. The van der Waals surface area contributed by atoms with Crippen LogP contribution in [0, 0.1) is 11.8 Å². The van der Waals surface area contributed by atoms with Gasteiger partial charge in [-0.3, -0.25) is 11.3 Å². The van der Waals surface area contributed by atoms with Crippen molar-refractivity contribution in [1.82, 2.24) is 5.43 Å². The van der Waals surface area contributed by atoms with Crippen LogP contribution >= 0.6 is 0 Å². The largest absolute Gasteiger partial charge is 0.377 e. The first kappa shape index (κ1) is 11.4. The minimum Gasteiger partial charge on any atom is -0.377 e. The number of rotatable bonds is 4. The number of hydrogen-bond donors (Lipinski definition) is 2. The highest BCUT2D eigenvalue weighted by atomic mass is 16.5.